The molecule has 2 atom stereocenters. The van der Waals surface area contributed by atoms with Crippen molar-refractivity contribution >= 4 is 0 Å². The predicted molar refractivity (Wildman–Crippen MR) is 45.8 cm³/mol. The molecule has 0 spiro atoms. The molecule has 0 saturated carbocycles. The fourth-order valence-electron chi connectivity index (χ4n) is 0.949. The molecule has 80 valence electrons. The van der Waals surface area contributed by atoms with E-state index in [4.69, 9.17) is 5.11 Å². The number of halogens is 2. The molecule has 3 N–H and O–H groups in total. The first-order valence-corrected chi connectivity index (χ1v) is 4.29. The van der Waals surface area contributed by atoms with Gasteiger partial charge in [0.1, 0.15) is 5.60 Å². The Morgan fingerprint density at radius 2 is 2.00 bits per heavy atom. The van der Waals surface area contributed by atoms with Gasteiger partial charge in [-0.2, -0.15) is 0 Å². The van der Waals surface area contributed by atoms with Crippen molar-refractivity contribution in [2.75, 3.05) is 13.1 Å². The molecule has 2 unspecified atom stereocenters. The van der Waals surface area contributed by atoms with E-state index >= 15 is 0 Å². The molecule has 0 fully saturated rings. The van der Waals surface area contributed by atoms with Gasteiger partial charge >= 0.3 is 0 Å². The Morgan fingerprint density at radius 3 is 2.38 bits per heavy atom. The molecule has 0 aliphatic heterocycles. The monoisotopic (exact) mass is 197 g/mol. The van der Waals surface area contributed by atoms with Crippen molar-refractivity contribution in [1.82, 2.24) is 5.32 Å². The second kappa shape index (κ2) is 5.47. The van der Waals surface area contributed by atoms with Gasteiger partial charge in [0.15, 0.2) is 0 Å². The first kappa shape index (κ1) is 12.7. The Hall–Kier alpha value is -0.260. The number of hydrogen-bond acceptors (Lipinski definition) is 3. The maximum absolute atomic E-state index is 12.1. The Bertz CT molecular complexity index is 142. The third-order valence-corrected chi connectivity index (χ3v) is 1.75. The molecule has 3 nitrogen and oxygen atoms in total. The van der Waals surface area contributed by atoms with Crippen LogP contribution in [0.1, 0.15) is 20.3 Å². The van der Waals surface area contributed by atoms with Crippen molar-refractivity contribution in [1.29, 1.82) is 0 Å². The molecule has 0 rings (SSSR count). The van der Waals surface area contributed by atoms with E-state index in [1.54, 1.807) is 0 Å². The summed E-state index contributed by atoms with van der Waals surface area (Å²) in [5.41, 5.74) is -2.10. The summed E-state index contributed by atoms with van der Waals surface area (Å²) in [5.74, 6) is 0. The van der Waals surface area contributed by atoms with Crippen molar-refractivity contribution in [3.8, 4) is 0 Å². The van der Waals surface area contributed by atoms with Crippen LogP contribution in [0.3, 0.4) is 0 Å². The van der Waals surface area contributed by atoms with Gasteiger partial charge < -0.3 is 15.5 Å². The topological polar surface area (TPSA) is 52.5 Å². The van der Waals surface area contributed by atoms with Gasteiger partial charge in [0.05, 0.1) is 6.10 Å². The van der Waals surface area contributed by atoms with Crippen LogP contribution in [-0.2, 0) is 0 Å². The SMILES string of the molecule is CCNCC(O)CC(C)(O)C(F)F. The van der Waals surface area contributed by atoms with Crippen LogP contribution in [0.25, 0.3) is 0 Å². The van der Waals surface area contributed by atoms with Crippen molar-refractivity contribution in [2.45, 2.75) is 38.4 Å². The Labute approximate surface area is 76.8 Å². The number of aliphatic hydroxyl groups excluding tert-OH is 1. The number of aliphatic hydroxyl groups is 2. The second-order valence-corrected chi connectivity index (χ2v) is 3.32. The van der Waals surface area contributed by atoms with E-state index in [-0.39, 0.29) is 13.0 Å². The van der Waals surface area contributed by atoms with E-state index in [0.717, 1.165) is 6.92 Å². The average Bonchev–Trinajstić information content (AvgIpc) is 1.99. The molecule has 5 heteroatoms. The number of rotatable bonds is 6. The summed E-state index contributed by atoms with van der Waals surface area (Å²) in [7, 11) is 0. The van der Waals surface area contributed by atoms with Crippen LogP contribution in [0.2, 0.25) is 0 Å². The zero-order valence-electron chi connectivity index (χ0n) is 7.93. The van der Waals surface area contributed by atoms with Gasteiger partial charge in [-0.05, 0) is 13.5 Å². The standard InChI is InChI=1S/C8H17F2NO2/c1-3-11-5-6(12)4-8(2,13)7(9)10/h6-7,11-13H,3-5H2,1-2H3. The summed E-state index contributed by atoms with van der Waals surface area (Å²) < 4.78 is 24.2. The molecule has 0 radical (unpaired) electrons. The molecular weight excluding hydrogens is 180 g/mol. The molecule has 0 aliphatic carbocycles. The molecule has 0 aromatic carbocycles. The van der Waals surface area contributed by atoms with Gasteiger partial charge in [-0.15, -0.1) is 0 Å². The van der Waals surface area contributed by atoms with Crippen molar-refractivity contribution in [2.24, 2.45) is 0 Å². The number of alkyl halides is 2. The molecule has 0 aliphatic rings. The fourth-order valence-corrected chi connectivity index (χ4v) is 0.949. The van der Waals surface area contributed by atoms with E-state index in [1.165, 1.54) is 0 Å². The van der Waals surface area contributed by atoms with Gasteiger partial charge in [0.25, 0.3) is 6.43 Å². The van der Waals surface area contributed by atoms with E-state index in [2.05, 4.69) is 5.32 Å². The zero-order valence-corrected chi connectivity index (χ0v) is 7.93. The minimum absolute atomic E-state index is 0.222. The molecular formula is C8H17F2NO2. The minimum atomic E-state index is -2.83. The van der Waals surface area contributed by atoms with Crippen LogP contribution in [0.5, 0.6) is 0 Å². The van der Waals surface area contributed by atoms with Crippen molar-refractivity contribution in [3.63, 3.8) is 0 Å². The second-order valence-electron chi connectivity index (χ2n) is 3.32. The first-order chi connectivity index (χ1) is 5.90. The largest absolute Gasteiger partial charge is 0.392 e. The highest BCUT2D eigenvalue weighted by Gasteiger charge is 2.34. The maximum Gasteiger partial charge on any atom is 0.266 e. The molecule has 0 saturated heterocycles. The summed E-state index contributed by atoms with van der Waals surface area (Å²) in [4.78, 5) is 0. The summed E-state index contributed by atoms with van der Waals surface area (Å²) in [6.07, 6.45) is -4.09. The van der Waals surface area contributed by atoms with Gasteiger partial charge in [0, 0.05) is 13.0 Å². The highest BCUT2D eigenvalue weighted by molar-refractivity contribution is 4.79. The van der Waals surface area contributed by atoms with Crippen molar-refractivity contribution in [3.05, 3.63) is 0 Å². The summed E-state index contributed by atoms with van der Waals surface area (Å²) in [6, 6.07) is 0. The van der Waals surface area contributed by atoms with Crippen LogP contribution < -0.4 is 5.32 Å². The van der Waals surface area contributed by atoms with Gasteiger partial charge in [-0.3, -0.25) is 0 Å². The fraction of sp³-hybridized carbons (Fsp3) is 1.00. The lowest BCUT2D eigenvalue weighted by atomic mass is 9.99. The quantitative estimate of drug-likeness (QED) is 0.576. The molecule has 0 aromatic rings. The molecule has 0 bridgehead atoms. The highest BCUT2D eigenvalue weighted by atomic mass is 19.3. The number of nitrogens with one attached hydrogen (secondary N) is 1. The van der Waals surface area contributed by atoms with Gasteiger partial charge in [0.2, 0.25) is 0 Å². The van der Waals surface area contributed by atoms with E-state index in [1.807, 2.05) is 6.92 Å². The van der Waals surface area contributed by atoms with E-state index < -0.39 is 18.1 Å². The maximum atomic E-state index is 12.1. The summed E-state index contributed by atoms with van der Waals surface area (Å²) in [6.45, 7) is 3.75. The normalized spacial score (nSPS) is 18.7. The highest BCUT2D eigenvalue weighted by Crippen LogP contribution is 2.20. The van der Waals surface area contributed by atoms with E-state index in [0.29, 0.717) is 6.54 Å². The molecule has 0 heterocycles. The first-order valence-electron chi connectivity index (χ1n) is 4.29. The molecule has 0 amide bonds. The smallest absolute Gasteiger partial charge is 0.266 e. The summed E-state index contributed by atoms with van der Waals surface area (Å²) in [5, 5.41) is 21.1. The van der Waals surface area contributed by atoms with Crippen LogP contribution in [-0.4, -0.2) is 41.4 Å². The third-order valence-electron chi connectivity index (χ3n) is 1.75. The van der Waals surface area contributed by atoms with Crippen molar-refractivity contribution < 1.29 is 19.0 Å². The van der Waals surface area contributed by atoms with Crippen LogP contribution in [0, 0.1) is 0 Å². The van der Waals surface area contributed by atoms with Crippen LogP contribution in [0.4, 0.5) is 8.78 Å². The molecule has 0 aromatic heterocycles. The lowest BCUT2D eigenvalue weighted by Gasteiger charge is -2.25. The third kappa shape index (κ3) is 5.13. The number of hydrogen-bond donors (Lipinski definition) is 3. The lowest BCUT2D eigenvalue weighted by Crippen LogP contribution is -2.40. The Balaban J connectivity index is 3.82. The van der Waals surface area contributed by atoms with Crippen LogP contribution in [0.15, 0.2) is 0 Å². The minimum Gasteiger partial charge on any atom is -0.392 e. The van der Waals surface area contributed by atoms with Crippen LogP contribution >= 0.6 is 0 Å². The Morgan fingerprint density at radius 1 is 1.46 bits per heavy atom. The number of likely N-dealkylation sites (N-methyl/N-ethyl adjacent to an activating group) is 1. The van der Waals surface area contributed by atoms with Gasteiger partial charge in [-0.1, -0.05) is 6.92 Å². The Kier molecular flexibility index (Phi) is 5.36. The van der Waals surface area contributed by atoms with Gasteiger partial charge in [-0.25, -0.2) is 8.78 Å². The molecule has 13 heavy (non-hydrogen) atoms. The lowest BCUT2D eigenvalue weighted by molar-refractivity contribution is -0.105. The van der Waals surface area contributed by atoms with E-state index in [9.17, 15) is 13.9 Å². The zero-order chi connectivity index (χ0) is 10.5. The average molecular weight is 197 g/mol. The predicted octanol–water partition coefficient (Wildman–Crippen LogP) is 0.363. The summed E-state index contributed by atoms with van der Waals surface area (Å²) >= 11 is 0.